The minimum Gasteiger partial charge on any atom is -0.211 e. The van der Waals surface area contributed by atoms with Gasteiger partial charge in [0.25, 0.3) is 0 Å². The smallest absolute Gasteiger partial charge is 0.211 e. The number of fused-ring (bicyclic) bond motifs is 2. The predicted octanol–water partition coefficient (Wildman–Crippen LogP) is 6.17. The number of benzene rings is 4. The van der Waals surface area contributed by atoms with Gasteiger partial charge in [-0.1, -0.05) is 54.6 Å². The van der Waals surface area contributed by atoms with Gasteiger partial charge in [-0.3, -0.25) is 0 Å². The van der Waals surface area contributed by atoms with Crippen molar-refractivity contribution in [1.29, 1.82) is 0 Å². The highest BCUT2D eigenvalue weighted by Gasteiger charge is 2.12. The van der Waals surface area contributed by atoms with Crippen molar-refractivity contribution in [1.82, 2.24) is 0 Å². The summed E-state index contributed by atoms with van der Waals surface area (Å²) in [6.07, 6.45) is 6.07. The minimum atomic E-state index is 0.472. The Labute approximate surface area is 193 Å². The quantitative estimate of drug-likeness (QED) is 0.211. The maximum Gasteiger partial charge on any atom is 0.240 e. The average molecular weight is 448 g/mol. The van der Waals surface area contributed by atoms with Crippen LogP contribution in [0, 0.1) is 13.8 Å². The van der Waals surface area contributed by atoms with E-state index in [1.165, 1.54) is 12.2 Å². The largest absolute Gasteiger partial charge is 0.240 e. The molecule has 0 radical (unpaired) electrons. The van der Waals surface area contributed by atoms with Gasteiger partial charge in [-0.25, -0.2) is 19.2 Å². The molecule has 0 aliphatic carbocycles. The number of carbonyl (C=O) groups excluding carboxylic acids is 4. The molecule has 8 nitrogen and oxygen atoms in total. The predicted molar refractivity (Wildman–Crippen MR) is 128 cm³/mol. The Balaban J connectivity index is 0.000000204. The van der Waals surface area contributed by atoms with Crippen molar-refractivity contribution in [3.8, 4) is 0 Å². The SMILES string of the molecule is Cc1cc(C)c(N=C=O)cc1N=C=O.O=C=Nc1c2ccccc2c(N=C=O)c2ccccc12. The van der Waals surface area contributed by atoms with Crippen LogP contribution in [0.1, 0.15) is 11.1 Å². The van der Waals surface area contributed by atoms with E-state index in [0.29, 0.717) is 22.7 Å². The van der Waals surface area contributed by atoms with Crippen LogP contribution in [0.25, 0.3) is 21.5 Å². The van der Waals surface area contributed by atoms with Crippen molar-refractivity contribution < 1.29 is 19.2 Å². The standard InChI is InChI=1S/C16H8N2O2.C10H8N2O2/c19-9-17-15-11-5-1-2-6-12(11)16(18-10-20)14-8-4-3-7-13(14)15;1-7-3-8(2)10(12-6-14)4-9(7)11-5-13/h1-8H;3-4H,1-2H3. The van der Waals surface area contributed by atoms with Crippen molar-refractivity contribution in [2.24, 2.45) is 20.0 Å². The fraction of sp³-hybridized carbons (Fsp3) is 0.0769. The van der Waals surface area contributed by atoms with Gasteiger partial charge in [-0.15, -0.1) is 0 Å². The third kappa shape index (κ3) is 4.87. The van der Waals surface area contributed by atoms with E-state index >= 15 is 0 Å². The topological polar surface area (TPSA) is 118 Å². The first-order valence-electron chi connectivity index (χ1n) is 9.91. The van der Waals surface area contributed by atoms with Crippen LogP contribution in [0.15, 0.2) is 80.6 Å². The average Bonchev–Trinajstić information content (AvgIpc) is 2.85. The van der Waals surface area contributed by atoms with Gasteiger partial charge in [0.15, 0.2) is 0 Å². The summed E-state index contributed by atoms with van der Waals surface area (Å²) in [6, 6.07) is 18.1. The lowest BCUT2D eigenvalue weighted by molar-refractivity contribution is 0.564. The van der Waals surface area contributed by atoms with E-state index in [0.717, 1.165) is 32.7 Å². The highest BCUT2D eigenvalue weighted by Crippen LogP contribution is 2.42. The summed E-state index contributed by atoms with van der Waals surface area (Å²) in [4.78, 5) is 56.2. The van der Waals surface area contributed by atoms with Crippen molar-refractivity contribution >= 4 is 68.6 Å². The number of aryl methyl sites for hydroxylation is 2. The first-order valence-corrected chi connectivity index (χ1v) is 9.91. The first kappa shape index (κ1) is 23.6. The first-order chi connectivity index (χ1) is 16.5. The van der Waals surface area contributed by atoms with E-state index in [1.807, 2.05) is 62.4 Å². The van der Waals surface area contributed by atoms with Crippen molar-refractivity contribution in [2.75, 3.05) is 0 Å². The van der Waals surface area contributed by atoms with Gasteiger partial charge in [-0.2, -0.15) is 20.0 Å². The number of rotatable bonds is 4. The molecule has 0 saturated heterocycles. The lowest BCUT2D eigenvalue weighted by atomic mass is 9.99. The van der Waals surface area contributed by atoms with Crippen LogP contribution in [-0.4, -0.2) is 24.3 Å². The second kappa shape index (κ2) is 11.0. The number of aliphatic imine (C=N–C) groups is 4. The lowest BCUT2D eigenvalue weighted by Crippen LogP contribution is -1.81. The maximum atomic E-state index is 10.7. The molecule has 4 rings (SSSR count). The van der Waals surface area contributed by atoms with Gasteiger partial charge in [0.1, 0.15) is 0 Å². The Morgan fingerprint density at radius 1 is 0.500 bits per heavy atom. The highest BCUT2D eigenvalue weighted by atomic mass is 16.1. The summed E-state index contributed by atoms with van der Waals surface area (Å²) >= 11 is 0. The molecule has 4 aromatic rings. The third-order valence-corrected chi connectivity index (χ3v) is 5.04. The molecule has 0 heterocycles. The summed E-state index contributed by atoms with van der Waals surface area (Å²) in [6.45, 7) is 3.63. The number of hydrogen-bond donors (Lipinski definition) is 0. The summed E-state index contributed by atoms with van der Waals surface area (Å²) in [5, 5.41) is 3.01. The Morgan fingerprint density at radius 3 is 1.12 bits per heavy atom. The molecular weight excluding hydrogens is 432 g/mol. The third-order valence-electron chi connectivity index (χ3n) is 5.04. The second-order valence-electron chi connectivity index (χ2n) is 7.03. The van der Waals surface area contributed by atoms with Crippen LogP contribution in [0.2, 0.25) is 0 Å². The van der Waals surface area contributed by atoms with E-state index in [-0.39, 0.29) is 0 Å². The van der Waals surface area contributed by atoms with Crippen molar-refractivity contribution in [3.05, 3.63) is 71.8 Å². The molecule has 0 N–H and O–H groups in total. The van der Waals surface area contributed by atoms with Crippen molar-refractivity contribution in [2.45, 2.75) is 13.8 Å². The zero-order valence-electron chi connectivity index (χ0n) is 18.2. The van der Waals surface area contributed by atoms with E-state index in [1.54, 1.807) is 24.3 Å². The second-order valence-corrected chi connectivity index (χ2v) is 7.03. The number of nitrogens with zero attached hydrogens (tertiary/aromatic N) is 4. The number of isocyanates is 4. The van der Waals surface area contributed by atoms with Crippen LogP contribution < -0.4 is 0 Å². The molecule has 0 bridgehead atoms. The molecule has 0 aromatic heterocycles. The highest BCUT2D eigenvalue weighted by molar-refractivity contribution is 6.18. The van der Waals surface area contributed by atoms with Gasteiger partial charge >= 0.3 is 0 Å². The van der Waals surface area contributed by atoms with Crippen LogP contribution in [0.5, 0.6) is 0 Å². The normalized spacial score (nSPS) is 9.47. The van der Waals surface area contributed by atoms with Crippen LogP contribution in [-0.2, 0) is 19.2 Å². The van der Waals surface area contributed by atoms with Gasteiger partial charge in [0.2, 0.25) is 24.3 Å². The van der Waals surface area contributed by atoms with Gasteiger partial charge in [0, 0.05) is 21.5 Å². The summed E-state index contributed by atoms with van der Waals surface area (Å²) < 4.78 is 0. The Hall–Kier alpha value is -5.08. The molecule has 4 aromatic carbocycles. The monoisotopic (exact) mass is 448 g/mol. The minimum absolute atomic E-state index is 0.472. The molecule has 0 aliphatic rings. The summed E-state index contributed by atoms with van der Waals surface area (Å²) in [7, 11) is 0. The van der Waals surface area contributed by atoms with E-state index in [2.05, 4.69) is 20.0 Å². The van der Waals surface area contributed by atoms with Gasteiger partial charge in [0.05, 0.1) is 22.7 Å². The molecule has 0 atom stereocenters. The fourth-order valence-electron chi connectivity index (χ4n) is 3.58. The van der Waals surface area contributed by atoms with Gasteiger partial charge < -0.3 is 0 Å². The Kier molecular flexibility index (Phi) is 7.62. The van der Waals surface area contributed by atoms with Gasteiger partial charge in [-0.05, 0) is 31.0 Å². The molecule has 0 unspecified atom stereocenters. The summed E-state index contributed by atoms with van der Waals surface area (Å²) in [5.74, 6) is 0. The molecule has 0 aliphatic heterocycles. The zero-order chi connectivity index (χ0) is 24.5. The molecule has 8 heteroatoms. The van der Waals surface area contributed by atoms with E-state index in [9.17, 15) is 19.2 Å². The fourth-order valence-corrected chi connectivity index (χ4v) is 3.58. The molecular formula is C26H16N4O4. The Bertz CT molecular complexity index is 1430. The summed E-state index contributed by atoms with van der Waals surface area (Å²) in [5.41, 5.74) is 3.71. The molecule has 0 amide bonds. The van der Waals surface area contributed by atoms with Crippen molar-refractivity contribution in [3.63, 3.8) is 0 Å². The Morgan fingerprint density at radius 2 is 0.824 bits per heavy atom. The van der Waals surface area contributed by atoms with Crippen LogP contribution in [0.3, 0.4) is 0 Å². The van der Waals surface area contributed by atoms with E-state index in [4.69, 9.17) is 0 Å². The maximum absolute atomic E-state index is 10.7. The van der Waals surface area contributed by atoms with E-state index < -0.39 is 0 Å². The molecule has 0 spiro atoms. The molecule has 0 fully saturated rings. The zero-order valence-corrected chi connectivity index (χ0v) is 18.2. The number of hydrogen-bond acceptors (Lipinski definition) is 8. The van der Waals surface area contributed by atoms with Crippen LogP contribution >= 0.6 is 0 Å². The molecule has 34 heavy (non-hydrogen) atoms. The van der Waals surface area contributed by atoms with Crippen LogP contribution in [0.4, 0.5) is 22.7 Å². The molecule has 164 valence electrons. The lowest BCUT2D eigenvalue weighted by Gasteiger charge is -2.09. The molecule has 0 saturated carbocycles.